The van der Waals surface area contributed by atoms with Gasteiger partial charge in [0.25, 0.3) is 0 Å². The summed E-state index contributed by atoms with van der Waals surface area (Å²) in [6, 6.07) is 0. The maximum Gasteiger partial charge on any atom is 0.0856 e. The van der Waals surface area contributed by atoms with Crippen LogP contribution in [0.5, 0.6) is 0 Å². The summed E-state index contributed by atoms with van der Waals surface area (Å²) in [5, 5.41) is 8.82. The molecular formula is C6H14N2O. The molecule has 0 amide bonds. The number of rotatable bonds is 1. The van der Waals surface area contributed by atoms with Gasteiger partial charge in [-0.2, -0.15) is 0 Å². The van der Waals surface area contributed by atoms with Crippen molar-refractivity contribution in [2.75, 3.05) is 33.8 Å². The minimum atomic E-state index is 0.243. The molecule has 0 bridgehead atoms. The Labute approximate surface area is 55.9 Å². The van der Waals surface area contributed by atoms with E-state index in [0.717, 1.165) is 13.1 Å². The first-order chi connectivity index (χ1) is 4.25. The molecule has 0 aliphatic carbocycles. The lowest BCUT2D eigenvalue weighted by atomic mass is 10.5. The molecule has 9 heavy (non-hydrogen) atoms. The monoisotopic (exact) mass is 130 g/mol. The second-order valence-electron chi connectivity index (χ2n) is 2.62. The fourth-order valence-corrected chi connectivity index (χ4v) is 1.23. The molecule has 3 heteroatoms. The topological polar surface area (TPSA) is 26.7 Å². The average Bonchev–Trinajstić information content (AvgIpc) is 2.12. The molecule has 1 aliphatic heterocycles. The second kappa shape index (κ2) is 2.64. The highest BCUT2D eigenvalue weighted by molar-refractivity contribution is 4.75. The number of aliphatic hydroxyl groups excluding tert-OH is 1. The number of nitrogens with zero attached hydrogens (tertiary/aromatic N) is 2. The van der Waals surface area contributed by atoms with Gasteiger partial charge in [-0.25, -0.2) is 0 Å². The molecule has 0 radical (unpaired) electrons. The molecule has 0 spiro atoms. The van der Waals surface area contributed by atoms with Gasteiger partial charge in [-0.1, -0.05) is 0 Å². The Hall–Kier alpha value is -0.120. The van der Waals surface area contributed by atoms with Crippen molar-refractivity contribution in [1.82, 2.24) is 9.80 Å². The van der Waals surface area contributed by atoms with Crippen LogP contribution in [0, 0.1) is 0 Å². The van der Waals surface area contributed by atoms with Crippen LogP contribution in [0.1, 0.15) is 0 Å². The molecule has 1 heterocycles. The number of likely N-dealkylation sites (N-methyl/N-ethyl adjacent to an activating group) is 2. The van der Waals surface area contributed by atoms with E-state index in [4.69, 9.17) is 5.11 Å². The zero-order chi connectivity index (χ0) is 6.85. The third kappa shape index (κ3) is 1.23. The van der Waals surface area contributed by atoms with Crippen molar-refractivity contribution >= 4 is 0 Å². The van der Waals surface area contributed by atoms with E-state index in [0.29, 0.717) is 0 Å². The minimum absolute atomic E-state index is 0.243. The zero-order valence-electron chi connectivity index (χ0n) is 6.04. The molecule has 0 saturated carbocycles. The van der Waals surface area contributed by atoms with E-state index >= 15 is 0 Å². The molecule has 0 atom stereocenters. The molecule has 0 unspecified atom stereocenters. The van der Waals surface area contributed by atoms with E-state index in [1.807, 2.05) is 14.1 Å². The molecule has 1 N–H and O–H groups in total. The highest BCUT2D eigenvalue weighted by atomic mass is 16.3. The second-order valence-corrected chi connectivity index (χ2v) is 2.62. The predicted octanol–water partition coefficient (Wildman–Crippen LogP) is -0.818. The molecule has 1 aliphatic rings. The lowest BCUT2D eigenvalue weighted by Crippen LogP contribution is -2.37. The number of aliphatic hydroxyl groups is 1. The van der Waals surface area contributed by atoms with E-state index in [1.165, 1.54) is 0 Å². The van der Waals surface area contributed by atoms with Gasteiger partial charge in [-0.3, -0.25) is 9.80 Å². The summed E-state index contributed by atoms with van der Waals surface area (Å²) in [5.74, 6) is 0. The standard InChI is InChI=1S/C6H14N2O/c1-7-3-4-8(2)6(7)5-9/h6,9H,3-5H2,1-2H3. The van der Waals surface area contributed by atoms with Crippen LogP contribution in [0.4, 0.5) is 0 Å². The summed E-state index contributed by atoms with van der Waals surface area (Å²) >= 11 is 0. The van der Waals surface area contributed by atoms with Gasteiger partial charge in [0.15, 0.2) is 0 Å². The molecule has 1 rings (SSSR count). The van der Waals surface area contributed by atoms with Crippen molar-refractivity contribution in [2.24, 2.45) is 0 Å². The third-order valence-corrected chi connectivity index (χ3v) is 1.99. The zero-order valence-corrected chi connectivity index (χ0v) is 6.04. The Morgan fingerprint density at radius 2 is 1.78 bits per heavy atom. The first-order valence-electron chi connectivity index (χ1n) is 3.27. The Morgan fingerprint density at radius 3 is 2.00 bits per heavy atom. The average molecular weight is 130 g/mol. The highest BCUT2D eigenvalue weighted by Crippen LogP contribution is 2.07. The van der Waals surface area contributed by atoms with Crippen LogP contribution >= 0.6 is 0 Å². The van der Waals surface area contributed by atoms with Gasteiger partial charge >= 0.3 is 0 Å². The van der Waals surface area contributed by atoms with Crippen molar-refractivity contribution in [3.63, 3.8) is 0 Å². The van der Waals surface area contributed by atoms with Gasteiger partial charge in [0, 0.05) is 13.1 Å². The summed E-state index contributed by atoms with van der Waals surface area (Å²) in [6.07, 6.45) is 0.255. The van der Waals surface area contributed by atoms with Crippen LogP contribution in [-0.4, -0.2) is 54.9 Å². The first kappa shape index (κ1) is 6.99. The molecule has 0 aromatic heterocycles. The summed E-state index contributed by atoms with van der Waals surface area (Å²) in [6.45, 7) is 2.39. The fourth-order valence-electron chi connectivity index (χ4n) is 1.23. The molecule has 3 nitrogen and oxygen atoms in total. The fraction of sp³-hybridized carbons (Fsp3) is 1.00. The number of hydrogen-bond donors (Lipinski definition) is 1. The lowest BCUT2D eigenvalue weighted by Gasteiger charge is -2.21. The van der Waals surface area contributed by atoms with Crippen LogP contribution in [0.2, 0.25) is 0 Å². The third-order valence-electron chi connectivity index (χ3n) is 1.99. The molecule has 1 saturated heterocycles. The van der Waals surface area contributed by atoms with Gasteiger partial charge in [0.2, 0.25) is 0 Å². The van der Waals surface area contributed by atoms with Gasteiger partial charge in [0.1, 0.15) is 0 Å². The van der Waals surface area contributed by atoms with E-state index in [-0.39, 0.29) is 12.8 Å². The lowest BCUT2D eigenvalue weighted by molar-refractivity contribution is 0.102. The summed E-state index contributed by atoms with van der Waals surface area (Å²) < 4.78 is 0. The molecule has 54 valence electrons. The number of hydrogen-bond acceptors (Lipinski definition) is 3. The van der Waals surface area contributed by atoms with E-state index < -0.39 is 0 Å². The Bertz CT molecular complexity index is 87.1. The quantitative estimate of drug-likeness (QED) is 0.502. The van der Waals surface area contributed by atoms with E-state index in [9.17, 15) is 0 Å². The van der Waals surface area contributed by atoms with Crippen LogP contribution in [0.15, 0.2) is 0 Å². The normalized spacial score (nSPS) is 25.7. The van der Waals surface area contributed by atoms with Crippen LogP contribution in [0.25, 0.3) is 0 Å². The van der Waals surface area contributed by atoms with Crippen molar-refractivity contribution in [3.05, 3.63) is 0 Å². The minimum Gasteiger partial charge on any atom is -0.393 e. The first-order valence-corrected chi connectivity index (χ1v) is 3.27. The largest absolute Gasteiger partial charge is 0.393 e. The van der Waals surface area contributed by atoms with Gasteiger partial charge in [0.05, 0.1) is 12.8 Å². The van der Waals surface area contributed by atoms with Crippen LogP contribution < -0.4 is 0 Å². The Kier molecular flexibility index (Phi) is 2.05. The summed E-state index contributed by atoms with van der Waals surface area (Å²) in [7, 11) is 4.06. The molecule has 0 aromatic rings. The van der Waals surface area contributed by atoms with Crippen molar-refractivity contribution in [1.29, 1.82) is 0 Å². The van der Waals surface area contributed by atoms with Crippen molar-refractivity contribution < 1.29 is 5.11 Å². The van der Waals surface area contributed by atoms with E-state index in [1.54, 1.807) is 0 Å². The predicted molar refractivity (Wildman–Crippen MR) is 36.1 cm³/mol. The molecular weight excluding hydrogens is 116 g/mol. The smallest absolute Gasteiger partial charge is 0.0856 e. The molecule has 1 fully saturated rings. The van der Waals surface area contributed by atoms with Crippen molar-refractivity contribution in [3.8, 4) is 0 Å². The SMILES string of the molecule is CN1CCN(C)C1CO. The molecule has 0 aromatic carbocycles. The summed E-state index contributed by atoms with van der Waals surface area (Å²) in [4.78, 5) is 4.31. The highest BCUT2D eigenvalue weighted by Gasteiger charge is 2.24. The van der Waals surface area contributed by atoms with Crippen LogP contribution in [0.3, 0.4) is 0 Å². The maximum atomic E-state index is 8.82. The Balaban J connectivity index is 2.44. The van der Waals surface area contributed by atoms with Crippen LogP contribution in [-0.2, 0) is 0 Å². The van der Waals surface area contributed by atoms with Crippen molar-refractivity contribution in [2.45, 2.75) is 6.17 Å². The van der Waals surface area contributed by atoms with Gasteiger partial charge in [-0.05, 0) is 14.1 Å². The Morgan fingerprint density at radius 1 is 1.33 bits per heavy atom. The van der Waals surface area contributed by atoms with Gasteiger partial charge in [-0.15, -0.1) is 0 Å². The summed E-state index contributed by atoms with van der Waals surface area (Å²) in [5.41, 5.74) is 0. The van der Waals surface area contributed by atoms with E-state index in [2.05, 4.69) is 9.80 Å². The van der Waals surface area contributed by atoms with Gasteiger partial charge < -0.3 is 5.11 Å². The maximum absolute atomic E-state index is 8.82.